The summed E-state index contributed by atoms with van der Waals surface area (Å²) < 4.78 is 30.0. The van der Waals surface area contributed by atoms with E-state index in [-0.39, 0.29) is 5.56 Å². The Bertz CT molecular complexity index is 2440. The van der Waals surface area contributed by atoms with Gasteiger partial charge in [-0.15, -0.1) is 0 Å². The molecule has 6 aromatic carbocycles. The molecule has 1 spiro atoms. The molecule has 9 rings (SSSR count). The first kappa shape index (κ1) is 24.3. The molecule has 0 saturated heterocycles. The Morgan fingerprint density at radius 1 is 0.512 bits per heavy atom. The summed E-state index contributed by atoms with van der Waals surface area (Å²) in [5.41, 5.74) is 5.54. The van der Waals surface area contributed by atoms with Gasteiger partial charge in [-0.2, -0.15) is 0 Å². The lowest BCUT2D eigenvalue weighted by Gasteiger charge is -2.45. The molecule has 0 amide bonds. The Morgan fingerprint density at radius 2 is 1.07 bits per heavy atom. The first-order valence-electron chi connectivity index (χ1n) is 14.2. The molecule has 3 heterocycles. The van der Waals surface area contributed by atoms with Crippen LogP contribution in [-0.4, -0.2) is 13.0 Å². The van der Waals surface area contributed by atoms with E-state index in [4.69, 9.17) is 0 Å². The van der Waals surface area contributed by atoms with Crippen molar-refractivity contribution in [2.75, 3.05) is 0 Å². The third-order valence-corrected chi connectivity index (χ3v) is 11.1. The normalized spacial score (nSPS) is 15.2. The molecule has 43 heavy (non-hydrogen) atoms. The lowest BCUT2D eigenvalue weighted by molar-refractivity contribution is 0.577. The highest BCUT2D eigenvalue weighted by Crippen LogP contribution is 2.57. The zero-order valence-corrected chi connectivity index (χ0v) is 23.7. The number of fused-ring (bicyclic) bond motifs is 10. The van der Waals surface area contributed by atoms with Crippen molar-refractivity contribution in [2.24, 2.45) is 0 Å². The average molecular weight is 574 g/mol. The van der Waals surface area contributed by atoms with Crippen molar-refractivity contribution in [3.05, 3.63) is 172 Å². The number of benzene rings is 6. The van der Waals surface area contributed by atoms with Crippen LogP contribution in [0.4, 0.5) is 0 Å². The number of hydrogen-bond acceptors (Lipinski definition) is 3. The van der Waals surface area contributed by atoms with E-state index in [1.54, 1.807) is 24.3 Å². The second-order valence-corrected chi connectivity index (χ2v) is 13.1. The van der Waals surface area contributed by atoms with Crippen molar-refractivity contribution in [3.8, 4) is 16.8 Å². The van der Waals surface area contributed by atoms with Gasteiger partial charge in [0.15, 0.2) is 0 Å². The molecule has 0 bridgehead atoms. The molecular weight excluding hydrogens is 550 g/mol. The third-order valence-electron chi connectivity index (χ3n) is 9.23. The van der Waals surface area contributed by atoms with Gasteiger partial charge in [-0.3, -0.25) is 9.36 Å². The van der Waals surface area contributed by atoms with E-state index in [2.05, 4.69) is 12.1 Å². The van der Waals surface area contributed by atoms with E-state index in [9.17, 15) is 13.2 Å². The molecule has 5 heteroatoms. The largest absolute Gasteiger partial charge is 0.276 e. The zero-order valence-electron chi connectivity index (χ0n) is 22.9. The summed E-state index contributed by atoms with van der Waals surface area (Å²) in [5, 5.41) is 2.48. The minimum Gasteiger partial charge on any atom is -0.276 e. The summed E-state index contributed by atoms with van der Waals surface area (Å²) in [4.78, 5) is 15.4. The number of para-hydroxylation sites is 2. The highest BCUT2D eigenvalue weighted by atomic mass is 32.2. The third kappa shape index (κ3) is 2.90. The fourth-order valence-corrected chi connectivity index (χ4v) is 9.38. The Kier molecular flexibility index (Phi) is 4.76. The first-order valence-corrected chi connectivity index (χ1v) is 15.7. The topological polar surface area (TPSA) is 56.1 Å². The summed E-state index contributed by atoms with van der Waals surface area (Å²) in [6.07, 6.45) is 0. The molecule has 0 aliphatic carbocycles. The van der Waals surface area contributed by atoms with E-state index in [1.807, 2.05) is 108 Å². The van der Waals surface area contributed by atoms with E-state index >= 15 is 0 Å². The molecule has 1 aromatic heterocycles. The minimum atomic E-state index is -3.77. The van der Waals surface area contributed by atoms with E-state index in [1.165, 1.54) is 0 Å². The van der Waals surface area contributed by atoms with Gasteiger partial charge in [-0.25, -0.2) is 8.42 Å². The van der Waals surface area contributed by atoms with Crippen LogP contribution in [0.1, 0.15) is 22.3 Å². The van der Waals surface area contributed by atoms with Crippen LogP contribution in [0.15, 0.2) is 154 Å². The number of nitrogens with zero attached hydrogens (tertiary/aromatic N) is 1. The van der Waals surface area contributed by atoms with Crippen molar-refractivity contribution in [2.45, 2.75) is 15.2 Å². The number of pyridine rings is 1. The monoisotopic (exact) mass is 573 g/mol. The van der Waals surface area contributed by atoms with Crippen molar-refractivity contribution in [1.29, 1.82) is 0 Å². The maximum atomic E-state index is 14.8. The van der Waals surface area contributed by atoms with Crippen LogP contribution in [0.2, 0.25) is 0 Å². The quantitative estimate of drug-likeness (QED) is 0.190. The van der Waals surface area contributed by atoms with Crippen LogP contribution < -0.4 is 5.56 Å². The molecule has 2 aliphatic heterocycles. The summed E-state index contributed by atoms with van der Waals surface area (Å²) in [6, 6.07) is 44.8. The Hall–Kier alpha value is -5.26. The van der Waals surface area contributed by atoms with Crippen LogP contribution in [-0.2, 0) is 15.3 Å². The zero-order chi connectivity index (χ0) is 28.9. The lowest BCUT2D eigenvalue weighted by Crippen LogP contribution is -2.42. The molecule has 7 aromatic rings. The molecular formula is C38H23NO3S. The molecule has 0 N–H and O–H groups in total. The standard InChI is InChI=1S/C38H23NO3S/c40-37-35-25(24-12-2-1-3-13-24)14-10-15-26(35)27-16-11-20-31-36(27)39(37)32-21-7-4-17-28(32)38(31)29-18-5-8-22-33(29)43(41,42)34-23-9-6-19-30(34)38/h1-23H. The fourth-order valence-electron chi connectivity index (χ4n) is 7.61. The summed E-state index contributed by atoms with van der Waals surface area (Å²) in [6.45, 7) is 0. The van der Waals surface area contributed by atoms with E-state index in [0.717, 1.165) is 44.2 Å². The predicted octanol–water partition coefficient (Wildman–Crippen LogP) is 7.65. The molecule has 0 fully saturated rings. The van der Waals surface area contributed by atoms with E-state index in [0.29, 0.717) is 26.3 Å². The van der Waals surface area contributed by atoms with Gasteiger partial charge in [-0.05, 0) is 57.0 Å². The maximum Gasteiger partial charge on any atom is 0.264 e. The number of aromatic nitrogens is 1. The van der Waals surface area contributed by atoms with Gasteiger partial charge in [0.05, 0.1) is 31.8 Å². The fraction of sp³-hybridized carbons (Fsp3) is 0.0263. The molecule has 204 valence electrons. The SMILES string of the molecule is O=c1c2c(-c3ccccc3)cccc2c2cccc3c2n1-c1ccccc1C31c2ccccc2S(=O)(=O)c2ccccc21. The number of rotatable bonds is 1. The van der Waals surface area contributed by atoms with E-state index < -0.39 is 15.3 Å². The molecule has 0 unspecified atom stereocenters. The predicted molar refractivity (Wildman–Crippen MR) is 170 cm³/mol. The van der Waals surface area contributed by atoms with Crippen molar-refractivity contribution < 1.29 is 8.42 Å². The van der Waals surface area contributed by atoms with Crippen molar-refractivity contribution >= 4 is 31.5 Å². The summed E-state index contributed by atoms with van der Waals surface area (Å²) in [5.74, 6) is 0. The van der Waals surface area contributed by atoms with Gasteiger partial charge in [-0.1, -0.05) is 121 Å². The molecule has 2 aliphatic rings. The van der Waals surface area contributed by atoms with Gasteiger partial charge in [0.2, 0.25) is 9.84 Å². The van der Waals surface area contributed by atoms with Crippen molar-refractivity contribution in [1.82, 2.24) is 4.57 Å². The maximum absolute atomic E-state index is 14.8. The summed E-state index contributed by atoms with van der Waals surface area (Å²) in [7, 11) is -3.77. The second-order valence-electron chi connectivity index (χ2n) is 11.2. The van der Waals surface area contributed by atoms with Crippen LogP contribution >= 0.6 is 0 Å². The second kappa shape index (κ2) is 8.40. The van der Waals surface area contributed by atoms with Gasteiger partial charge >= 0.3 is 0 Å². The molecule has 0 atom stereocenters. The van der Waals surface area contributed by atoms with Gasteiger partial charge in [0, 0.05) is 5.39 Å². The molecule has 4 nitrogen and oxygen atoms in total. The Labute approximate surface area is 248 Å². The van der Waals surface area contributed by atoms with Crippen molar-refractivity contribution in [3.63, 3.8) is 0 Å². The van der Waals surface area contributed by atoms with Crippen LogP contribution in [0, 0.1) is 0 Å². The number of hydrogen-bond donors (Lipinski definition) is 0. The average Bonchev–Trinajstić information content (AvgIpc) is 3.06. The highest BCUT2D eigenvalue weighted by molar-refractivity contribution is 7.91. The lowest BCUT2D eigenvalue weighted by atomic mass is 9.62. The highest BCUT2D eigenvalue weighted by Gasteiger charge is 2.52. The minimum absolute atomic E-state index is 0.0956. The van der Waals surface area contributed by atoms with Crippen LogP contribution in [0.5, 0.6) is 0 Å². The Morgan fingerprint density at radius 3 is 1.79 bits per heavy atom. The molecule has 0 radical (unpaired) electrons. The first-order chi connectivity index (χ1) is 21.0. The van der Waals surface area contributed by atoms with Crippen LogP contribution in [0.3, 0.4) is 0 Å². The van der Waals surface area contributed by atoms with Gasteiger partial charge in [0.1, 0.15) is 0 Å². The Balaban J connectivity index is 1.56. The van der Waals surface area contributed by atoms with Gasteiger partial charge < -0.3 is 0 Å². The summed E-state index contributed by atoms with van der Waals surface area (Å²) >= 11 is 0. The number of sulfone groups is 1. The smallest absolute Gasteiger partial charge is 0.264 e. The van der Waals surface area contributed by atoms with Gasteiger partial charge in [0.25, 0.3) is 5.56 Å². The van der Waals surface area contributed by atoms with Crippen LogP contribution in [0.25, 0.3) is 38.5 Å². The molecule has 0 saturated carbocycles.